The first-order valence-corrected chi connectivity index (χ1v) is 10.4. The molecule has 4 aromatic rings. The van der Waals surface area contributed by atoms with Crippen LogP contribution in [0.3, 0.4) is 0 Å². The van der Waals surface area contributed by atoms with Crippen molar-refractivity contribution in [3.63, 3.8) is 0 Å². The fourth-order valence-corrected chi connectivity index (χ4v) is 4.23. The van der Waals surface area contributed by atoms with Gasteiger partial charge in [0.1, 0.15) is 0 Å². The number of likely N-dealkylation sites (tertiary alicyclic amines) is 1. The fourth-order valence-electron chi connectivity index (χ4n) is 4.23. The molecular weight excluding hydrogens is 376 g/mol. The molecule has 3 aromatic heterocycles. The Hall–Kier alpha value is -3.48. The van der Waals surface area contributed by atoms with Gasteiger partial charge < -0.3 is 4.90 Å². The van der Waals surface area contributed by atoms with Crippen LogP contribution in [0.25, 0.3) is 28.1 Å². The van der Waals surface area contributed by atoms with Crippen molar-refractivity contribution in [3.05, 3.63) is 59.9 Å². The summed E-state index contributed by atoms with van der Waals surface area (Å²) in [5.74, 6) is 0.0567. The van der Waals surface area contributed by atoms with Crippen LogP contribution in [0.1, 0.15) is 35.3 Å². The van der Waals surface area contributed by atoms with E-state index in [1.54, 1.807) is 10.9 Å². The Balaban J connectivity index is 1.76. The third-order valence-electron chi connectivity index (χ3n) is 5.77. The standard InChI is InChI=1S/C23H24N6O/c1-16-21-18(23(30)28-13-7-4-8-14-28)15-19(20-11-12-24-27(20)2)25-22(21)29(26-16)17-9-5-3-6-10-17/h3,5-6,9-12,15H,4,7-8,13-14H2,1-2H3. The maximum atomic E-state index is 13.6. The third kappa shape index (κ3) is 3.07. The minimum absolute atomic E-state index is 0.0567. The van der Waals surface area contributed by atoms with Crippen LogP contribution in [0.2, 0.25) is 0 Å². The second kappa shape index (κ2) is 7.40. The van der Waals surface area contributed by atoms with Gasteiger partial charge in [0.25, 0.3) is 5.91 Å². The predicted molar refractivity (Wildman–Crippen MR) is 116 cm³/mol. The molecule has 0 atom stereocenters. The van der Waals surface area contributed by atoms with Gasteiger partial charge in [0, 0.05) is 26.3 Å². The average molecular weight is 400 g/mol. The summed E-state index contributed by atoms with van der Waals surface area (Å²) in [5, 5.41) is 9.86. The summed E-state index contributed by atoms with van der Waals surface area (Å²) in [6.07, 6.45) is 5.03. The number of rotatable bonds is 3. The molecule has 1 amide bonds. The normalized spacial score (nSPS) is 14.4. The Morgan fingerprint density at radius 2 is 1.80 bits per heavy atom. The summed E-state index contributed by atoms with van der Waals surface area (Å²) in [4.78, 5) is 20.5. The summed E-state index contributed by atoms with van der Waals surface area (Å²) in [6.45, 7) is 3.55. The van der Waals surface area contributed by atoms with E-state index in [0.29, 0.717) is 11.2 Å². The van der Waals surface area contributed by atoms with Gasteiger partial charge in [-0.2, -0.15) is 10.2 Å². The number of carbonyl (C=O) groups excluding carboxylic acids is 1. The molecule has 1 saturated heterocycles. The van der Waals surface area contributed by atoms with Crippen molar-refractivity contribution in [2.45, 2.75) is 26.2 Å². The third-order valence-corrected chi connectivity index (χ3v) is 5.77. The molecule has 1 aliphatic rings. The number of benzene rings is 1. The number of para-hydroxylation sites is 1. The van der Waals surface area contributed by atoms with E-state index in [1.807, 2.05) is 66.0 Å². The lowest BCUT2D eigenvalue weighted by atomic mass is 10.0. The van der Waals surface area contributed by atoms with Crippen LogP contribution < -0.4 is 0 Å². The number of carbonyl (C=O) groups is 1. The van der Waals surface area contributed by atoms with Crippen LogP contribution in [0.15, 0.2) is 48.7 Å². The first-order valence-electron chi connectivity index (χ1n) is 10.4. The lowest BCUT2D eigenvalue weighted by Gasteiger charge is -2.27. The molecule has 0 unspecified atom stereocenters. The second-order valence-corrected chi connectivity index (χ2v) is 7.78. The van der Waals surface area contributed by atoms with Gasteiger partial charge >= 0.3 is 0 Å². The number of piperidine rings is 1. The van der Waals surface area contributed by atoms with E-state index in [0.717, 1.165) is 54.1 Å². The number of nitrogens with zero attached hydrogens (tertiary/aromatic N) is 6. The van der Waals surface area contributed by atoms with E-state index in [-0.39, 0.29) is 5.91 Å². The summed E-state index contributed by atoms with van der Waals surface area (Å²) in [6, 6.07) is 13.7. The van der Waals surface area contributed by atoms with Crippen LogP contribution >= 0.6 is 0 Å². The highest BCUT2D eigenvalue weighted by Gasteiger charge is 2.25. The quantitative estimate of drug-likeness (QED) is 0.525. The molecule has 5 rings (SSSR count). The van der Waals surface area contributed by atoms with Crippen LogP contribution in [-0.2, 0) is 7.05 Å². The topological polar surface area (TPSA) is 68.8 Å². The zero-order valence-electron chi connectivity index (χ0n) is 17.2. The van der Waals surface area contributed by atoms with Crippen molar-refractivity contribution in [2.24, 2.45) is 7.05 Å². The molecule has 1 aliphatic heterocycles. The number of aryl methyl sites for hydroxylation is 2. The maximum Gasteiger partial charge on any atom is 0.254 e. The van der Waals surface area contributed by atoms with E-state index in [1.165, 1.54) is 6.42 Å². The van der Waals surface area contributed by atoms with Gasteiger partial charge in [-0.15, -0.1) is 0 Å². The molecule has 0 radical (unpaired) electrons. The zero-order chi connectivity index (χ0) is 20.7. The van der Waals surface area contributed by atoms with Crippen molar-refractivity contribution in [1.29, 1.82) is 0 Å². The summed E-state index contributed by atoms with van der Waals surface area (Å²) in [7, 11) is 1.88. The molecule has 0 spiro atoms. The fraction of sp³-hybridized carbons (Fsp3) is 0.304. The smallest absolute Gasteiger partial charge is 0.254 e. The minimum Gasteiger partial charge on any atom is -0.339 e. The number of aromatic nitrogens is 5. The van der Waals surface area contributed by atoms with E-state index in [2.05, 4.69) is 5.10 Å². The van der Waals surface area contributed by atoms with E-state index < -0.39 is 0 Å². The first-order chi connectivity index (χ1) is 14.6. The minimum atomic E-state index is 0.0567. The van der Waals surface area contributed by atoms with Crippen LogP contribution in [0, 0.1) is 6.92 Å². The average Bonchev–Trinajstić information content (AvgIpc) is 3.37. The van der Waals surface area contributed by atoms with Gasteiger partial charge in [-0.25, -0.2) is 9.67 Å². The lowest BCUT2D eigenvalue weighted by molar-refractivity contribution is 0.0726. The lowest BCUT2D eigenvalue weighted by Crippen LogP contribution is -2.35. The van der Waals surface area contributed by atoms with Crippen molar-refractivity contribution >= 4 is 16.9 Å². The predicted octanol–water partition coefficient (Wildman–Crippen LogP) is 3.76. The Bertz CT molecular complexity index is 1220. The molecule has 7 heteroatoms. The van der Waals surface area contributed by atoms with Crippen molar-refractivity contribution < 1.29 is 4.79 Å². The number of hydrogen-bond acceptors (Lipinski definition) is 4. The van der Waals surface area contributed by atoms with E-state index >= 15 is 0 Å². The highest BCUT2D eigenvalue weighted by molar-refractivity contribution is 6.07. The Labute approximate surface area is 174 Å². The number of hydrogen-bond donors (Lipinski definition) is 0. The molecule has 1 fully saturated rings. The molecule has 0 aliphatic carbocycles. The van der Waals surface area contributed by atoms with Crippen molar-refractivity contribution in [1.82, 2.24) is 29.4 Å². The molecule has 152 valence electrons. The highest BCUT2D eigenvalue weighted by atomic mass is 16.2. The number of amides is 1. The first kappa shape index (κ1) is 18.5. The summed E-state index contributed by atoms with van der Waals surface area (Å²) in [5.41, 5.74) is 4.67. The maximum absolute atomic E-state index is 13.6. The molecule has 30 heavy (non-hydrogen) atoms. The number of pyridine rings is 1. The highest BCUT2D eigenvalue weighted by Crippen LogP contribution is 2.30. The van der Waals surface area contributed by atoms with Crippen molar-refractivity contribution in [2.75, 3.05) is 13.1 Å². The summed E-state index contributed by atoms with van der Waals surface area (Å²) >= 11 is 0. The van der Waals surface area contributed by atoms with Crippen molar-refractivity contribution in [3.8, 4) is 17.1 Å². The molecule has 0 saturated carbocycles. The Kier molecular flexibility index (Phi) is 4.58. The number of fused-ring (bicyclic) bond motifs is 1. The van der Waals surface area contributed by atoms with Crippen LogP contribution in [0.5, 0.6) is 0 Å². The van der Waals surface area contributed by atoms with Gasteiger partial charge in [-0.05, 0) is 50.5 Å². The Morgan fingerprint density at radius 3 is 2.50 bits per heavy atom. The van der Waals surface area contributed by atoms with E-state index in [9.17, 15) is 4.79 Å². The molecule has 1 aromatic carbocycles. The van der Waals surface area contributed by atoms with Gasteiger partial charge in [0.05, 0.1) is 33.7 Å². The summed E-state index contributed by atoms with van der Waals surface area (Å²) < 4.78 is 3.61. The van der Waals surface area contributed by atoms with Gasteiger partial charge in [-0.3, -0.25) is 9.48 Å². The monoisotopic (exact) mass is 400 g/mol. The Morgan fingerprint density at radius 1 is 1.03 bits per heavy atom. The molecule has 0 bridgehead atoms. The SMILES string of the molecule is Cc1nn(-c2ccccc2)c2nc(-c3ccnn3C)cc(C(=O)N3CCCCC3)c12. The van der Waals surface area contributed by atoms with Crippen LogP contribution in [0.4, 0.5) is 0 Å². The van der Waals surface area contributed by atoms with Crippen LogP contribution in [-0.4, -0.2) is 48.4 Å². The van der Waals surface area contributed by atoms with Gasteiger partial charge in [0.2, 0.25) is 0 Å². The second-order valence-electron chi connectivity index (χ2n) is 7.78. The van der Waals surface area contributed by atoms with E-state index in [4.69, 9.17) is 10.1 Å². The molecule has 7 nitrogen and oxygen atoms in total. The van der Waals surface area contributed by atoms with Gasteiger partial charge in [-0.1, -0.05) is 18.2 Å². The molecule has 0 N–H and O–H groups in total. The molecular formula is C23H24N6O. The molecule has 4 heterocycles. The zero-order valence-corrected chi connectivity index (χ0v) is 17.2. The largest absolute Gasteiger partial charge is 0.339 e. The van der Waals surface area contributed by atoms with Gasteiger partial charge in [0.15, 0.2) is 5.65 Å².